The Morgan fingerprint density at radius 1 is 0.692 bits per heavy atom. The van der Waals surface area contributed by atoms with Gasteiger partial charge in [-0.25, -0.2) is 4.79 Å². The van der Waals surface area contributed by atoms with E-state index in [2.05, 4.69) is 5.32 Å². The molecule has 0 aliphatic carbocycles. The molecular weight excluding hydrogens is 500 g/mol. The minimum absolute atomic E-state index is 0.242. The van der Waals surface area contributed by atoms with Crippen LogP contribution in [0.4, 0.5) is 4.79 Å². The van der Waals surface area contributed by atoms with Gasteiger partial charge in [0, 0.05) is 33.8 Å². The Balaban J connectivity index is 0. The van der Waals surface area contributed by atoms with Gasteiger partial charge in [0.1, 0.15) is 13.2 Å². The van der Waals surface area contributed by atoms with E-state index in [-0.39, 0.29) is 18.7 Å². The number of alkyl carbamates (subject to hydrolysis) is 1. The van der Waals surface area contributed by atoms with Gasteiger partial charge in [0.15, 0.2) is 0 Å². The zero-order valence-corrected chi connectivity index (χ0v) is 23.7. The lowest BCUT2D eigenvalue weighted by Gasteiger charge is -2.06. The number of nitrogens with two attached hydrogens (primary N) is 1. The van der Waals surface area contributed by atoms with E-state index in [1.54, 1.807) is 0 Å². The maximum absolute atomic E-state index is 11.3. The molecule has 9 heteroatoms. The number of aliphatic hydroxyl groups excluding tert-OH is 3. The normalized spacial score (nSPS) is 9.38. The quantitative estimate of drug-likeness (QED) is 0.162. The van der Waals surface area contributed by atoms with Crippen LogP contribution in [-0.2, 0) is 27.5 Å². The fourth-order valence-electron chi connectivity index (χ4n) is 2.92. The topological polar surface area (TPSA) is 151 Å². The van der Waals surface area contributed by atoms with Crippen molar-refractivity contribution >= 4 is 12.1 Å². The summed E-state index contributed by atoms with van der Waals surface area (Å²) in [6.45, 7) is 4.05. The van der Waals surface area contributed by atoms with E-state index in [4.69, 9.17) is 30.5 Å². The number of amides is 1. The number of hydrogen-bond donors (Lipinski definition) is 5. The molecule has 2 rings (SSSR count). The Kier molecular flexibility index (Phi) is 30.6. The summed E-state index contributed by atoms with van der Waals surface area (Å²) < 4.78 is 9.85. The maximum atomic E-state index is 11.3. The average Bonchev–Trinajstić information content (AvgIpc) is 2.98. The van der Waals surface area contributed by atoms with Gasteiger partial charge in [-0.1, -0.05) is 86.3 Å². The second kappa shape index (κ2) is 31.2. The van der Waals surface area contributed by atoms with Gasteiger partial charge in [-0.2, -0.15) is 0 Å². The molecule has 2 aromatic carbocycles. The van der Waals surface area contributed by atoms with E-state index in [0.717, 1.165) is 76.1 Å². The highest BCUT2D eigenvalue weighted by molar-refractivity contribution is 5.67. The van der Waals surface area contributed by atoms with Crippen LogP contribution in [-0.4, -0.2) is 60.8 Å². The molecule has 0 radical (unpaired) electrons. The number of benzene rings is 2. The van der Waals surface area contributed by atoms with Crippen molar-refractivity contribution in [2.24, 2.45) is 5.73 Å². The number of aliphatic hydroxyl groups is 3. The summed E-state index contributed by atoms with van der Waals surface area (Å²) in [5.41, 5.74) is 7.25. The SMILES string of the molecule is CC(=O)OCc1ccccc1.CO.NCCCCCCO.O=C(NCCCCCCO)OCc1ccccc1. The largest absolute Gasteiger partial charge is 0.461 e. The van der Waals surface area contributed by atoms with E-state index >= 15 is 0 Å². The average molecular weight is 551 g/mol. The Morgan fingerprint density at radius 3 is 1.56 bits per heavy atom. The molecule has 0 unspecified atom stereocenters. The first kappa shape index (κ1) is 38.2. The Hall–Kier alpha value is -2.98. The maximum Gasteiger partial charge on any atom is 0.407 e. The van der Waals surface area contributed by atoms with Crippen molar-refractivity contribution in [3.63, 3.8) is 0 Å². The number of ether oxygens (including phenoxy) is 2. The number of esters is 1. The fraction of sp³-hybridized carbons (Fsp3) is 0.533. The van der Waals surface area contributed by atoms with Crippen LogP contribution in [0.2, 0.25) is 0 Å². The molecule has 0 aromatic heterocycles. The molecule has 9 nitrogen and oxygen atoms in total. The van der Waals surface area contributed by atoms with Crippen molar-refractivity contribution in [2.45, 2.75) is 71.5 Å². The number of rotatable bonds is 15. The van der Waals surface area contributed by atoms with Crippen LogP contribution < -0.4 is 11.1 Å². The molecule has 0 heterocycles. The van der Waals surface area contributed by atoms with Crippen LogP contribution in [0.3, 0.4) is 0 Å². The van der Waals surface area contributed by atoms with Crippen molar-refractivity contribution in [3.8, 4) is 0 Å². The molecule has 0 atom stereocenters. The first-order chi connectivity index (χ1) is 19.0. The highest BCUT2D eigenvalue weighted by Gasteiger charge is 2.01. The smallest absolute Gasteiger partial charge is 0.407 e. The number of unbranched alkanes of at least 4 members (excludes halogenated alkanes) is 6. The van der Waals surface area contributed by atoms with Gasteiger partial charge in [-0.05, 0) is 43.4 Å². The molecule has 0 spiro atoms. The van der Waals surface area contributed by atoms with Crippen molar-refractivity contribution in [1.82, 2.24) is 5.32 Å². The van der Waals surface area contributed by atoms with E-state index < -0.39 is 0 Å². The van der Waals surface area contributed by atoms with E-state index in [1.807, 2.05) is 60.7 Å². The van der Waals surface area contributed by atoms with Gasteiger partial charge in [0.2, 0.25) is 0 Å². The molecular formula is C30H50N2O7. The van der Waals surface area contributed by atoms with Crippen molar-refractivity contribution < 1.29 is 34.4 Å². The molecule has 222 valence electrons. The van der Waals surface area contributed by atoms with Crippen LogP contribution in [0.15, 0.2) is 60.7 Å². The predicted molar refractivity (Wildman–Crippen MR) is 155 cm³/mol. The second-order valence-corrected chi connectivity index (χ2v) is 8.32. The standard InChI is InChI=1S/C14H21NO3.C9H10O2.C6H15NO.CH4O/c16-11-7-2-1-6-10-15-14(17)18-12-13-8-4-3-5-9-13;1-8(10)11-7-9-5-3-2-4-6-9;7-5-3-1-2-4-6-8;1-2/h3-5,8-9,16H,1-2,6-7,10-12H2,(H,15,17);2-6H,7H2,1H3;8H,1-7H2;2H,1H3. The lowest BCUT2D eigenvalue weighted by Crippen LogP contribution is -2.25. The number of carbonyl (C=O) groups excluding carboxylic acids is 2. The molecule has 0 bridgehead atoms. The summed E-state index contributed by atoms with van der Waals surface area (Å²) in [7, 11) is 1.00. The van der Waals surface area contributed by atoms with Crippen molar-refractivity contribution in [2.75, 3.05) is 33.4 Å². The van der Waals surface area contributed by atoms with Gasteiger partial charge >= 0.3 is 12.1 Å². The third-order valence-corrected chi connectivity index (χ3v) is 4.96. The van der Waals surface area contributed by atoms with Crippen LogP contribution in [0.5, 0.6) is 0 Å². The molecule has 0 aliphatic heterocycles. The highest BCUT2D eigenvalue weighted by atomic mass is 16.5. The van der Waals surface area contributed by atoms with Gasteiger partial charge in [-0.3, -0.25) is 4.79 Å². The lowest BCUT2D eigenvalue weighted by molar-refractivity contribution is -0.142. The summed E-state index contributed by atoms with van der Waals surface area (Å²) in [6, 6.07) is 19.2. The zero-order chi connectivity index (χ0) is 29.4. The van der Waals surface area contributed by atoms with E-state index in [0.29, 0.717) is 26.4 Å². The van der Waals surface area contributed by atoms with Gasteiger partial charge in [0.25, 0.3) is 0 Å². The number of hydrogen-bond acceptors (Lipinski definition) is 8. The van der Waals surface area contributed by atoms with Gasteiger partial charge < -0.3 is 35.8 Å². The van der Waals surface area contributed by atoms with Gasteiger partial charge in [0.05, 0.1) is 0 Å². The van der Waals surface area contributed by atoms with Crippen LogP contribution in [0, 0.1) is 0 Å². The number of nitrogens with one attached hydrogen (secondary N) is 1. The number of carbonyl (C=O) groups is 2. The van der Waals surface area contributed by atoms with Crippen molar-refractivity contribution in [3.05, 3.63) is 71.8 Å². The molecule has 0 saturated carbocycles. The summed E-state index contributed by atoms with van der Waals surface area (Å²) in [6.07, 6.45) is 7.70. The van der Waals surface area contributed by atoms with Crippen LogP contribution in [0.25, 0.3) is 0 Å². The second-order valence-electron chi connectivity index (χ2n) is 8.32. The molecule has 2 aromatic rings. The predicted octanol–water partition coefficient (Wildman–Crippen LogP) is 4.32. The van der Waals surface area contributed by atoms with E-state index in [9.17, 15) is 9.59 Å². The summed E-state index contributed by atoms with van der Waals surface area (Å²) in [5, 5.41) is 26.6. The summed E-state index contributed by atoms with van der Waals surface area (Å²) in [4.78, 5) is 21.7. The van der Waals surface area contributed by atoms with Crippen LogP contribution in [0.1, 0.15) is 69.4 Å². The summed E-state index contributed by atoms with van der Waals surface area (Å²) in [5.74, 6) is -0.242. The van der Waals surface area contributed by atoms with Crippen molar-refractivity contribution in [1.29, 1.82) is 0 Å². The molecule has 1 amide bonds. The summed E-state index contributed by atoms with van der Waals surface area (Å²) >= 11 is 0. The minimum Gasteiger partial charge on any atom is -0.461 e. The molecule has 6 N–H and O–H groups in total. The Morgan fingerprint density at radius 2 is 1.13 bits per heavy atom. The molecule has 0 saturated heterocycles. The first-order valence-electron chi connectivity index (χ1n) is 13.5. The van der Waals surface area contributed by atoms with Gasteiger partial charge in [-0.15, -0.1) is 0 Å². The minimum atomic E-state index is -0.374. The first-order valence-corrected chi connectivity index (χ1v) is 13.5. The monoisotopic (exact) mass is 550 g/mol. The third-order valence-electron chi connectivity index (χ3n) is 4.96. The van der Waals surface area contributed by atoms with E-state index in [1.165, 1.54) is 6.92 Å². The molecule has 0 fully saturated rings. The highest BCUT2D eigenvalue weighted by Crippen LogP contribution is 2.02. The Bertz CT molecular complexity index is 771. The zero-order valence-electron chi connectivity index (χ0n) is 23.7. The molecule has 39 heavy (non-hydrogen) atoms. The Labute approximate surface area is 234 Å². The third kappa shape index (κ3) is 29.4. The van der Waals surface area contributed by atoms with Crippen LogP contribution >= 0.6 is 0 Å². The molecule has 0 aliphatic rings. The lowest BCUT2D eigenvalue weighted by atomic mass is 10.2. The fourth-order valence-corrected chi connectivity index (χ4v) is 2.92.